The third kappa shape index (κ3) is 8.05. The second kappa shape index (κ2) is 12.9. The molecule has 9 heteroatoms. The summed E-state index contributed by atoms with van der Waals surface area (Å²) >= 11 is 0. The summed E-state index contributed by atoms with van der Waals surface area (Å²) in [6.45, 7) is 18.3. The van der Waals surface area contributed by atoms with E-state index in [0.29, 0.717) is 0 Å². The highest BCUT2D eigenvalue weighted by Crippen LogP contribution is 2.50. The van der Waals surface area contributed by atoms with Crippen molar-refractivity contribution in [3.8, 4) is 0 Å². The van der Waals surface area contributed by atoms with Crippen molar-refractivity contribution in [2.75, 3.05) is 13.2 Å². The van der Waals surface area contributed by atoms with Gasteiger partial charge in [0.05, 0.1) is 36.8 Å². The van der Waals surface area contributed by atoms with Crippen molar-refractivity contribution < 1.29 is 38.5 Å². The Morgan fingerprint density at radius 3 is 2.22 bits per heavy atom. The van der Waals surface area contributed by atoms with Crippen LogP contribution >= 0.6 is 0 Å². The van der Waals surface area contributed by atoms with E-state index in [1.807, 2.05) is 32.9 Å². The molecule has 1 heterocycles. The molecule has 1 fully saturated rings. The fourth-order valence-electron chi connectivity index (χ4n) is 4.32. The summed E-state index contributed by atoms with van der Waals surface area (Å²) in [6.07, 6.45) is 1.58. The summed E-state index contributed by atoms with van der Waals surface area (Å²) in [6, 6.07) is 0. The van der Waals surface area contributed by atoms with Gasteiger partial charge in [0.1, 0.15) is 23.8 Å². The minimum absolute atomic E-state index is 0.0522. The van der Waals surface area contributed by atoms with E-state index >= 15 is 0 Å². The second-order valence-electron chi connectivity index (χ2n) is 11.7. The lowest BCUT2D eigenvalue weighted by atomic mass is 9.79. The van der Waals surface area contributed by atoms with Crippen LogP contribution in [0.2, 0.25) is 18.1 Å². The van der Waals surface area contributed by atoms with Gasteiger partial charge in [-0.1, -0.05) is 46.8 Å². The number of epoxide rings is 1. The van der Waals surface area contributed by atoms with E-state index in [0.717, 1.165) is 0 Å². The number of Topliss-reactive ketones (excluding diaryl/α,β-unsaturated/α-hetero) is 2. The maximum atomic E-state index is 13.9. The topological polar surface area (TPSA) is 123 Å². The molecule has 208 valence electrons. The maximum Gasteiger partial charge on any atom is 0.302 e. The number of carbonyl (C=O) groups is 3. The van der Waals surface area contributed by atoms with Gasteiger partial charge in [-0.25, -0.2) is 0 Å². The van der Waals surface area contributed by atoms with E-state index in [2.05, 4.69) is 33.9 Å². The Hall–Kier alpha value is -1.39. The van der Waals surface area contributed by atoms with Crippen LogP contribution in [0.15, 0.2) is 12.2 Å². The van der Waals surface area contributed by atoms with Crippen LogP contribution < -0.4 is 0 Å². The number of allylic oxidation sites excluding steroid dienone is 1. The predicted octanol–water partition coefficient (Wildman–Crippen LogP) is 3.83. The van der Waals surface area contributed by atoms with Crippen LogP contribution in [0.3, 0.4) is 0 Å². The van der Waals surface area contributed by atoms with Crippen LogP contribution in [0.25, 0.3) is 0 Å². The number of hydrogen-bond donors (Lipinski definition) is 2. The molecule has 0 spiro atoms. The minimum atomic E-state index is -2.46. The van der Waals surface area contributed by atoms with Crippen molar-refractivity contribution >= 4 is 25.9 Å². The van der Waals surface area contributed by atoms with Gasteiger partial charge < -0.3 is 24.1 Å². The van der Waals surface area contributed by atoms with Gasteiger partial charge in [-0.3, -0.25) is 14.4 Å². The van der Waals surface area contributed by atoms with Crippen LogP contribution in [0.1, 0.15) is 68.2 Å². The van der Waals surface area contributed by atoms with E-state index in [1.54, 1.807) is 6.92 Å². The number of hydrogen-bond acceptors (Lipinski definition) is 8. The molecule has 0 bridgehead atoms. The molecule has 1 saturated heterocycles. The second-order valence-corrected chi connectivity index (χ2v) is 16.4. The van der Waals surface area contributed by atoms with Gasteiger partial charge in [0.2, 0.25) is 0 Å². The van der Waals surface area contributed by atoms with Gasteiger partial charge in [-0.2, -0.15) is 0 Å². The van der Waals surface area contributed by atoms with Gasteiger partial charge in [0.15, 0.2) is 8.32 Å². The average molecular weight is 529 g/mol. The van der Waals surface area contributed by atoms with Gasteiger partial charge in [0.25, 0.3) is 0 Å². The fourth-order valence-corrected chi connectivity index (χ4v) is 5.70. The van der Waals surface area contributed by atoms with E-state index < -0.39 is 56.3 Å². The third-order valence-electron chi connectivity index (χ3n) is 7.71. The van der Waals surface area contributed by atoms with Gasteiger partial charge in [0, 0.05) is 25.7 Å². The molecule has 0 aromatic rings. The molecule has 0 saturated carbocycles. The van der Waals surface area contributed by atoms with Crippen LogP contribution in [0, 0.1) is 17.8 Å². The molecule has 7 atom stereocenters. The van der Waals surface area contributed by atoms with Gasteiger partial charge >= 0.3 is 5.97 Å². The van der Waals surface area contributed by atoms with Crippen molar-refractivity contribution in [1.82, 2.24) is 0 Å². The highest BCUT2D eigenvalue weighted by Gasteiger charge is 2.64. The fraction of sp³-hybridized carbons (Fsp3) is 0.815. The number of aliphatic hydroxyl groups is 2. The largest absolute Gasteiger partial charge is 0.465 e. The number of ketones is 2. The molecular formula is C27H48O8Si. The molecule has 1 rings (SSSR count). The minimum Gasteiger partial charge on any atom is -0.465 e. The third-order valence-corrected chi connectivity index (χ3v) is 12.2. The molecule has 0 amide bonds. The molecule has 1 aliphatic heterocycles. The Morgan fingerprint density at radius 1 is 1.19 bits per heavy atom. The lowest BCUT2D eigenvalue weighted by molar-refractivity contribution is -0.149. The standard InChI is InChI=1S/C27H48O8Si/c1-11-13-17(3)24-27(8,34-24)25(35-36(9,10)26(5,6)7)21(16-33-18(4)29)23(32)20(15-28)22(31)14-19(30)12-2/h11,13,17,20-22,24-25,28,31H,12,14-16H2,1-10H3/b13-11-/t17-,20+,21-,22-,24+,25-,27?/m0/s1. The van der Waals surface area contributed by atoms with Crippen LogP contribution in [-0.2, 0) is 28.3 Å². The van der Waals surface area contributed by atoms with Crippen LogP contribution in [-0.4, -0.2) is 73.2 Å². The SMILES string of the molecule is C/C=C\[C@H](C)[C@H]1OC1(C)[C@@H](O[Si](C)(C)C(C)(C)C)[C@@H](COC(C)=O)C(=O)[C@H](CO)[C@@H](O)CC(=O)CC. The highest BCUT2D eigenvalue weighted by atomic mass is 28.4. The first-order chi connectivity index (χ1) is 16.5. The lowest BCUT2D eigenvalue weighted by Crippen LogP contribution is -2.55. The maximum absolute atomic E-state index is 13.9. The monoisotopic (exact) mass is 528 g/mol. The van der Waals surface area contributed by atoms with Gasteiger partial charge in [-0.05, 0) is 32.0 Å². The van der Waals surface area contributed by atoms with E-state index in [-0.39, 0.29) is 42.3 Å². The Bertz CT molecular complexity index is 802. The molecule has 1 aliphatic rings. The van der Waals surface area contributed by atoms with E-state index in [4.69, 9.17) is 13.9 Å². The summed E-state index contributed by atoms with van der Waals surface area (Å²) in [5.41, 5.74) is -0.848. The summed E-state index contributed by atoms with van der Waals surface area (Å²) in [5.74, 6) is -3.44. The molecular weight excluding hydrogens is 480 g/mol. The molecule has 36 heavy (non-hydrogen) atoms. The van der Waals surface area contributed by atoms with Gasteiger partial charge in [-0.15, -0.1) is 0 Å². The number of rotatable bonds is 15. The normalized spacial score (nSPS) is 24.6. The predicted molar refractivity (Wildman–Crippen MR) is 141 cm³/mol. The zero-order valence-electron chi connectivity index (χ0n) is 23.8. The smallest absolute Gasteiger partial charge is 0.302 e. The molecule has 0 aromatic heterocycles. The first kappa shape index (κ1) is 32.6. The molecule has 0 aliphatic carbocycles. The molecule has 8 nitrogen and oxygen atoms in total. The number of carbonyl (C=O) groups excluding carboxylic acids is 3. The summed E-state index contributed by atoms with van der Waals surface area (Å²) < 4.78 is 18.4. The molecule has 1 unspecified atom stereocenters. The van der Waals surface area contributed by atoms with Crippen LogP contribution in [0.5, 0.6) is 0 Å². The zero-order valence-corrected chi connectivity index (χ0v) is 24.8. The van der Waals surface area contributed by atoms with E-state index in [1.165, 1.54) is 6.92 Å². The van der Waals surface area contributed by atoms with Crippen molar-refractivity contribution in [1.29, 1.82) is 0 Å². The number of aliphatic hydroxyl groups excluding tert-OH is 2. The Morgan fingerprint density at radius 2 is 1.78 bits per heavy atom. The van der Waals surface area contributed by atoms with Crippen molar-refractivity contribution in [3.63, 3.8) is 0 Å². The Kier molecular flexibility index (Phi) is 11.7. The molecule has 0 radical (unpaired) electrons. The molecule has 2 N–H and O–H groups in total. The quantitative estimate of drug-likeness (QED) is 0.142. The van der Waals surface area contributed by atoms with E-state index in [9.17, 15) is 24.6 Å². The summed E-state index contributed by atoms with van der Waals surface area (Å²) in [4.78, 5) is 37.6. The number of esters is 1. The van der Waals surface area contributed by atoms with Crippen molar-refractivity contribution in [2.24, 2.45) is 17.8 Å². The summed E-state index contributed by atoms with van der Waals surface area (Å²) in [5, 5.41) is 20.6. The van der Waals surface area contributed by atoms with Crippen molar-refractivity contribution in [3.05, 3.63) is 12.2 Å². The van der Waals surface area contributed by atoms with Crippen LogP contribution in [0.4, 0.5) is 0 Å². The first-order valence-electron chi connectivity index (χ1n) is 12.9. The van der Waals surface area contributed by atoms with Crippen molar-refractivity contribution in [2.45, 2.75) is 110 Å². The first-order valence-corrected chi connectivity index (χ1v) is 15.8. The molecule has 0 aromatic carbocycles. The lowest BCUT2D eigenvalue weighted by Gasteiger charge is -2.43. The number of ether oxygens (including phenoxy) is 2. The zero-order chi connectivity index (χ0) is 28.1. The average Bonchev–Trinajstić information content (AvgIpc) is 3.45. The highest BCUT2D eigenvalue weighted by molar-refractivity contribution is 6.74. The Balaban J connectivity index is 3.54. The Labute approximate surface area is 217 Å². The summed E-state index contributed by atoms with van der Waals surface area (Å²) in [7, 11) is -2.46.